The van der Waals surface area contributed by atoms with Gasteiger partial charge in [0.2, 0.25) is 0 Å². The van der Waals surface area contributed by atoms with Crippen LogP contribution in [0.1, 0.15) is 17.2 Å². The van der Waals surface area contributed by atoms with Crippen LogP contribution in [0.15, 0.2) is 36.5 Å². The zero-order valence-electron chi connectivity index (χ0n) is 10.7. The van der Waals surface area contributed by atoms with E-state index in [1.165, 1.54) is 0 Å². The molecule has 2 aromatic rings. The topological polar surface area (TPSA) is 68.0 Å². The summed E-state index contributed by atoms with van der Waals surface area (Å²) >= 11 is 0. The Morgan fingerprint density at radius 2 is 2.05 bits per heavy atom. The van der Waals surface area contributed by atoms with E-state index in [0.717, 1.165) is 0 Å². The van der Waals surface area contributed by atoms with Crippen molar-refractivity contribution in [1.82, 2.24) is 10.2 Å². The monoisotopic (exact) mass is 255 g/mol. The van der Waals surface area contributed by atoms with Crippen LogP contribution >= 0.6 is 0 Å². The summed E-state index contributed by atoms with van der Waals surface area (Å²) in [6.07, 6.45) is 1.57. The summed E-state index contributed by atoms with van der Waals surface area (Å²) in [5, 5.41) is 17.2. The van der Waals surface area contributed by atoms with E-state index >= 15 is 0 Å². The second-order valence-electron chi connectivity index (χ2n) is 3.82. The van der Waals surface area contributed by atoms with Gasteiger partial charge < -0.3 is 9.47 Å². The van der Waals surface area contributed by atoms with Crippen molar-refractivity contribution < 1.29 is 9.47 Å². The van der Waals surface area contributed by atoms with E-state index < -0.39 is 5.92 Å². The molecule has 0 bridgehead atoms. The highest BCUT2D eigenvalue weighted by atomic mass is 16.5. The third-order valence-electron chi connectivity index (χ3n) is 2.77. The second-order valence-corrected chi connectivity index (χ2v) is 3.82. The molecule has 5 heteroatoms. The Hall–Kier alpha value is -2.61. The zero-order chi connectivity index (χ0) is 13.7. The van der Waals surface area contributed by atoms with Crippen molar-refractivity contribution in [1.29, 1.82) is 5.26 Å². The van der Waals surface area contributed by atoms with Crippen LogP contribution in [0.5, 0.6) is 11.5 Å². The quantitative estimate of drug-likeness (QED) is 0.837. The van der Waals surface area contributed by atoms with Crippen LogP contribution in [-0.4, -0.2) is 24.4 Å². The van der Waals surface area contributed by atoms with E-state index in [1.807, 2.05) is 0 Å². The molecule has 1 heterocycles. The Morgan fingerprint density at radius 1 is 1.21 bits per heavy atom. The van der Waals surface area contributed by atoms with E-state index in [-0.39, 0.29) is 0 Å². The van der Waals surface area contributed by atoms with Gasteiger partial charge in [0.1, 0.15) is 17.4 Å². The molecule has 0 aliphatic rings. The van der Waals surface area contributed by atoms with E-state index in [4.69, 9.17) is 9.47 Å². The average molecular weight is 255 g/mol. The number of benzene rings is 1. The predicted molar refractivity (Wildman–Crippen MR) is 69.0 cm³/mol. The number of aromatic nitrogens is 2. The molecule has 1 aromatic carbocycles. The fraction of sp³-hybridized carbons (Fsp3) is 0.214. The molecule has 0 saturated carbocycles. The van der Waals surface area contributed by atoms with Crippen molar-refractivity contribution >= 4 is 0 Å². The normalized spacial score (nSPS) is 11.4. The number of hydrogen-bond acceptors (Lipinski definition) is 5. The molecule has 1 aromatic heterocycles. The molecule has 2 rings (SSSR count). The summed E-state index contributed by atoms with van der Waals surface area (Å²) < 4.78 is 10.5. The molecule has 1 unspecified atom stereocenters. The van der Waals surface area contributed by atoms with Gasteiger partial charge in [-0.25, -0.2) is 0 Å². The van der Waals surface area contributed by atoms with Gasteiger partial charge in [0.05, 0.1) is 26.0 Å². The molecule has 0 spiro atoms. The lowest BCUT2D eigenvalue weighted by Crippen LogP contribution is -2.04. The Kier molecular flexibility index (Phi) is 3.94. The van der Waals surface area contributed by atoms with Gasteiger partial charge in [0.15, 0.2) is 0 Å². The first-order valence-corrected chi connectivity index (χ1v) is 5.69. The predicted octanol–water partition coefficient (Wildman–Crippen LogP) is 2.15. The first kappa shape index (κ1) is 12.8. The Balaban J connectivity index is 2.52. The zero-order valence-corrected chi connectivity index (χ0v) is 10.7. The fourth-order valence-electron chi connectivity index (χ4n) is 1.83. The molecular formula is C14H13N3O2. The highest BCUT2D eigenvalue weighted by molar-refractivity contribution is 5.47. The van der Waals surface area contributed by atoms with Crippen LogP contribution in [0.2, 0.25) is 0 Å². The first-order chi connectivity index (χ1) is 9.30. The lowest BCUT2D eigenvalue weighted by Gasteiger charge is -2.14. The molecule has 0 amide bonds. The maximum atomic E-state index is 9.40. The van der Waals surface area contributed by atoms with Crippen LogP contribution in [-0.2, 0) is 0 Å². The molecule has 0 N–H and O–H groups in total. The molecule has 96 valence electrons. The molecule has 0 aliphatic heterocycles. The largest absolute Gasteiger partial charge is 0.497 e. The van der Waals surface area contributed by atoms with Gasteiger partial charge in [-0.15, -0.1) is 0 Å². The molecular weight excluding hydrogens is 242 g/mol. The summed E-state index contributed by atoms with van der Waals surface area (Å²) in [6, 6.07) is 11.1. The minimum Gasteiger partial charge on any atom is -0.497 e. The number of rotatable bonds is 4. The van der Waals surface area contributed by atoms with Gasteiger partial charge in [0, 0.05) is 11.8 Å². The Morgan fingerprint density at radius 3 is 2.63 bits per heavy atom. The minimum absolute atomic E-state index is 0.543. The van der Waals surface area contributed by atoms with Crippen LogP contribution in [0.4, 0.5) is 0 Å². The summed E-state index contributed by atoms with van der Waals surface area (Å²) in [6.45, 7) is 0. The van der Waals surface area contributed by atoms with Gasteiger partial charge in [-0.3, -0.25) is 0 Å². The number of hydrogen-bond donors (Lipinski definition) is 0. The lowest BCUT2D eigenvalue weighted by molar-refractivity contribution is 0.398. The van der Waals surface area contributed by atoms with Crippen LogP contribution < -0.4 is 9.47 Å². The van der Waals surface area contributed by atoms with Gasteiger partial charge in [-0.1, -0.05) is 0 Å². The van der Waals surface area contributed by atoms with Gasteiger partial charge in [-0.05, 0) is 30.3 Å². The minimum atomic E-state index is -0.543. The van der Waals surface area contributed by atoms with Crippen molar-refractivity contribution in [2.75, 3.05) is 14.2 Å². The van der Waals surface area contributed by atoms with Crippen molar-refractivity contribution in [3.63, 3.8) is 0 Å². The van der Waals surface area contributed by atoms with Crippen LogP contribution in [0.25, 0.3) is 0 Å². The third kappa shape index (κ3) is 2.63. The molecule has 1 atom stereocenters. The summed E-state index contributed by atoms with van der Waals surface area (Å²) in [5.74, 6) is 0.747. The smallest absolute Gasteiger partial charge is 0.124 e. The van der Waals surface area contributed by atoms with Gasteiger partial charge in [-0.2, -0.15) is 15.5 Å². The first-order valence-electron chi connectivity index (χ1n) is 5.69. The van der Waals surface area contributed by atoms with Gasteiger partial charge >= 0.3 is 0 Å². The number of nitrogens with zero attached hydrogens (tertiary/aromatic N) is 3. The number of nitriles is 1. The molecule has 0 radical (unpaired) electrons. The van der Waals surface area contributed by atoms with E-state index in [1.54, 1.807) is 50.7 Å². The van der Waals surface area contributed by atoms with Gasteiger partial charge in [0.25, 0.3) is 0 Å². The van der Waals surface area contributed by atoms with Crippen molar-refractivity contribution in [2.45, 2.75) is 5.92 Å². The summed E-state index contributed by atoms with van der Waals surface area (Å²) in [7, 11) is 3.14. The number of ether oxygens (including phenoxy) is 2. The Labute approximate surface area is 111 Å². The van der Waals surface area contributed by atoms with E-state index in [2.05, 4.69) is 16.3 Å². The SMILES string of the molecule is COc1ccc(OC)c(C(C#N)c2cccnn2)c1. The second kappa shape index (κ2) is 5.83. The molecule has 0 saturated heterocycles. The maximum Gasteiger partial charge on any atom is 0.124 e. The van der Waals surface area contributed by atoms with E-state index in [9.17, 15) is 5.26 Å². The summed E-state index contributed by atoms with van der Waals surface area (Å²) in [4.78, 5) is 0. The highest BCUT2D eigenvalue weighted by Crippen LogP contribution is 2.33. The van der Waals surface area contributed by atoms with Crippen molar-refractivity contribution in [2.24, 2.45) is 0 Å². The maximum absolute atomic E-state index is 9.40. The third-order valence-corrected chi connectivity index (χ3v) is 2.77. The summed E-state index contributed by atoms with van der Waals surface area (Å²) in [5.41, 5.74) is 1.29. The molecule has 0 aliphatic carbocycles. The van der Waals surface area contributed by atoms with Crippen LogP contribution in [0.3, 0.4) is 0 Å². The highest BCUT2D eigenvalue weighted by Gasteiger charge is 2.20. The fourth-order valence-corrected chi connectivity index (χ4v) is 1.83. The van der Waals surface area contributed by atoms with Crippen molar-refractivity contribution in [3.05, 3.63) is 47.8 Å². The van der Waals surface area contributed by atoms with E-state index in [0.29, 0.717) is 22.8 Å². The molecule has 5 nitrogen and oxygen atoms in total. The van der Waals surface area contributed by atoms with Crippen molar-refractivity contribution in [3.8, 4) is 17.6 Å². The molecule has 0 fully saturated rings. The standard InChI is InChI=1S/C14H13N3O2/c1-18-10-5-6-14(19-2)11(8-10)12(9-15)13-4-3-7-16-17-13/h3-8,12H,1-2H3. The Bertz CT molecular complexity index is 593. The van der Waals surface area contributed by atoms with Crippen LogP contribution in [0, 0.1) is 11.3 Å². The lowest BCUT2D eigenvalue weighted by atomic mass is 9.95. The molecule has 19 heavy (non-hydrogen) atoms. The average Bonchev–Trinajstić information content (AvgIpc) is 2.49. The number of methoxy groups -OCH3 is 2.